The molecule has 0 aliphatic rings. The van der Waals surface area contributed by atoms with Crippen LogP contribution in [0.2, 0.25) is 0 Å². The summed E-state index contributed by atoms with van der Waals surface area (Å²) in [5.41, 5.74) is 1.30. The first kappa shape index (κ1) is 16.5. The minimum atomic E-state index is -0.713. The minimum absolute atomic E-state index is 0.155. The van der Waals surface area contributed by atoms with Gasteiger partial charge in [-0.05, 0) is 24.6 Å². The van der Waals surface area contributed by atoms with E-state index in [9.17, 15) is 9.59 Å². The number of para-hydroxylation sites is 1. The normalized spacial score (nSPS) is 11.4. The van der Waals surface area contributed by atoms with Gasteiger partial charge in [-0.15, -0.1) is 0 Å². The molecule has 0 saturated carbocycles. The Labute approximate surface area is 135 Å². The van der Waals surface area contributed by atoms with Crippen molar-refractivity contribution in [2.75, 3.05) is 7.11 Å². The number of nitrogens with one attached hydrogen (secondary N) is 1. The number of ketones is 1. The Balaban J connectivity index is 1.91. The molecule has 0 aliphatic carbocycles. The second-order valence-corrected chi connectivity index (χ2v) is 4.99. The van der Waals surface area contributed by atoms with Crippen molar-refractivity contribution < 1.29 is 19.1 Å². The summed E-state index contributed by atoms with van der Waals surface area (Å²) in [4.78, 5) is 24.2. The molecule has 2 aromatic rings. The number of Topliss-reactive ketones (excluding diaryl/α,β-unsaturated/α-hetero) is 1. The van der Waals surface area contributed by atoms with E-state index < -0.39 is 12.1 Å². The Hall–Kier alpha value is -2.82. The van der Waals surface area contributed by atoms with Gasteiger partial charge < -0.3 is 14.8 Å². The van der Waals surface area contributed by atoms with Crippen LogP contribution < -0.4 is 10.1 Å². The molecule has 1 amide bonds. The second kappa shape index (κ2) is 7.98. The molecule has 1 atom stereocenters. The predicted octanol–water partition coefficient (Wildman–Crippen LogP) is 3.19. The van der Waals surface area contributed by atoms with Gasteiger partial charge in [-0.1, -0.05) is 42.5 Å². The number of amides is 1. The number of methoxy groups -OCH3 is 1. The minimum Gasteiger partial charge on any atom is -0.496 e. The summed E-state index contributed by atoms with van der Waals surface area (Å²) in [5, 5.41) is 2.53. The molecule has 0 spiro atoms. The SMILES string of the molecule is COc1ccccc1C(=O)[C@H](C)NC(=O)OCc1ccccc1. The molecule has 0 saturated heterocycles. The smallest absolute Gasteiger partial charge is 0.408 e. The van der Waals surface area contributed by atoms with Gasteiger partial charge in [0.15, 0.2) is 5.78 Å². The van der Waals surface area contributed by atoms with Crippen molar-refractivity contribution in [3.05, 3.63) is 65.7 Å². The van der Waals surface area contributed by atoms with E-state index in [1.807, 2.05) is 30.3 Å². The molecule has 0 aliphatic heterocycles. The van der Waals surface area contributed by atoms with Crippen molar-refractivity contribution >= 4 is 11.9 Å². The zero-order valence-corrected chi connectivity index (χ0v) is 13.1. The zero-order chi connectivity index (χ0) is 16.7. The Morgan fingerprint density at radius 2 is 1.70 bits per heavy atom. The average molecular weight is 313 g/mol. The molecule has 5 heteroatoms. The highest BCUT2D eigenvalue weighted by molar-refractivity contribution is 6.03. The lowest BCUT2D eigenvalue weighted by Gasteiger charge is -2.15. The van der Waals surface area contributed by atoms with E-state index in [1.54, 1.807) is 31.2 Å². The molecule has 0 fully saturated rings. The number of benzene rings is 2. The fourth-order valence-corrected chi connectivity index (χ4v) is 2.09. The van der Waals surface area contributed by atoms with E-state index in [2.05, 4.69) is 5.32 Å². The lowest BCUT2D eigenvalue weighted by molar-refractivity contribution is 0.0923. The van der Waals surface area contributed by atoms with Crippen LogP contribution in [0.3, 0.4) is 0 Å². The highest BCUT2D eigenvalue weighted by Gasteiger charge is 2.20. The number of carbonyl (C=O) groups excluding carboxylic acids is 2. The Bertz CT molecular complexity index is 670. The van der Waals surface area contributed by atoms with Crippen LogP contribution in [0, 0.1) is 0 Å². The lowest BCUT2D eigenvalue weighted by atomic mass is 10.0. The van der Waals surface area contributed by atoms with Crippen molar-refractivity contribution in [2.24, 2.45) is 0 Å². The first-order chi connectivity index (χ1) is 11.1. The molecule has 2 rings (SSSR count). The fourth-order valence-electron chi connectivity index (χ4n) is 2.09. The summed E-state index contributed by atoms with van der Waals surface area (Å²) < 4.78 is 10.3. The first-order valence-corrected chi connectivity index (χ1v) is 7.26. The number of alkyl carbamates (subject to hydrolysis) is 1. The van der Waals surface area contributed by atoms with Gasteiger partial charge in [0.2, 0.25) is 0 Å². The van der Waals surface area contributed by atoms with Gasteiger partial charge >= 0.3 is 6.09 Å². The molecule has 0 aromatic heterocycles. The van der Waals surface area contributed by atoms with Crippen LogP contribution in [0.5, 0.6) is 5.75 Å². The lowest BCUT2D eigenvalue weighted by Crippen LogP contribution is -2.38. The highest BCUT2D eigenvalue weighted by Crippen LogP contribution is 2.19. The zero-order valence-electron chi connectivity index (χ0n) is 13.1. The summed E-state index contributed by atoms with van der Waals surface area (Å²) in [6.45, 7) is 1.76. The molecule has 0 bridgehead atoms. The summed E-state index contributed by atoms with van der Waals surface area (Å²) in [6, 6.07) is 15.5. The molecule has 120 valence electrons. The third-order valence-corrected chi connectivity index (χ3v) is 3.31. The number of hydrogen-bond acceptors (Lipinski definition) is 4. The van der Waals surface area contributed by atoms with E-state index in [-0.39, 0.29) is 12.4 Å². The average Bonchev–Trinajstić information content (AvgIpc) is 2.60. The maximum absolute atomic E-state index is 12.4. The number of carbonyl (C=O) groups is 2. The van der Waals surface area contributed by atoms with Gasteiger partial charge in [0.1, 0.15) is 12.4 Å². The van der Waals surface area contributed by atoms with Crippen molar-refractivity contribution in [2.45, 2.75) is 19.6 Å². The topological polar surface area (TPSA) is 64.6 Å². The third kappa shape index (κ3) is 4.57. The van der Waals surface area contributed by atoms with Crippen LogP contribution in [-0.4, -0.2) is 25.0 Å². The summed E-state index contributed by atoms with van der Waals surface area (Å²) in [7, 11) is 1.50. The summed E-state index contributed by atoms with van der Waals surface area (Å²) >= 11 is 0. The van der Waals surface area contributed by atoms with Crippen molar-refractivity contribution in [3.8, 4) is 5.75 Å². The molecular formula is C18H19NO4. The molecule has 2 aromatic carbocycles. The van der Waals surface area contributed by atoms with Gasteiger partial charge in [-0.3, -0.25) is 4.79 Å². The van der Waals surface area contributed by atoms with Crippen LogP contribution in [-0.2, 0) is 11.3 Å². The summed E-state index contributed by atoms with van der Waals surface area (Å²) in [6.07, 6.45) is -0.635. The van der Waals surface area contributed by atoms with E-state index in [4.69, 9.17) is 9.47 Å². The third-order valence-electron chi connectivity index (χ3n) is 3.31. The van der Waals surface area contributed by atoms with Gasteiger partial charge in [0, 0.05) is 0 Å². The number of hydrogen-bond donors (Lipinski definition) is 1. The summed E-state index contributed by atoms with van der Waals surface area (Å²) in [5.74, 6) is 0.239. The standard InChI is InChI=1S/C18H19NO4/c1-13(17(20)15-10-6-7-11-16(15)22-2)19-18(21)23-12-14-8-4-3-5-9-14/h3-11,13H,12H2,1-2H3,(H,19,21)/t13-/m0/s1. The van der Waals surface area contributed by atoms with Gasteiger partial charge in [0.25, 0.3) is 0 Å². The quantitative estimate of drug-likeness (QED) is 0.832. The molecule has 5 nitrogen and oxygen atoms in total. The molecule has 0 heterocycles. The van der Waals surface area contributed by atoms with E-state index >= 15 is 0 Å². The van der Waals surface area contributed by atoms with Crippen molar-refractivity contribution in [3.63, 3.8) is 0 Å². The monoisotopic (exact) mass is 313 g/mol. The molecule has 0 unspecified atom stereocenters. The van der Waals surface area contributed by atoms with Crippen LogP contribution in [0.25, 0.3) is 0 Å². The largest absolute Gasteiger partial charge is 0.496 e. The van der Waals surface area contributed by atoms with Gasteiger partial charge in [-0.25, -0.2) is 4.79 Å². The predicted molar refractivity (Wildman–Crippen MR) is 86.5 cm³/mol. The Morgan fingerprint density at radius 3 is 2.39 bits per heavy atom. The molecule has 0 radical (unpaired) electrons. The second-order valence-electron chi connectivity index (χ2n) is 4.99. The van der Waals surface area contributed by atoms with Gasteiger partial charge in [-0.2, -0.15) is 0 Å². The Morgan fingerprint density at radius 1 is 1.04 bits per heavy atom. The van der Waals surface area contributed by atoms with Crippen LogP contribution >= 0.6 is 0 Å². The van der Waals surface area contributed by atoms with Crippen LogP contribution in [0.15, 0.2) is 54.6 Å². The molecule has 23 heavy (non-hydrogen) atoms. The maximum Gasteiger partial charge on any atom is 0.408 e. The van der Waals surface area contributed by atoms with E-state index in [1.165, 1.54) is 7.11 Å². The van der Waals surface area contributed by atoms with Gasteiger partial charge in [0.05, 0.1) is 18.7 Å². The van der Waals surface area contributed by atoms with E-state index in [0.717, 1.165) is 5.56 Å². The van der Waals surface area contributed by atoms with Crippen molar-refractivity contribution in [1.29, 1.82) is 0 Å². The highest BCUT2D eigenvalue weighted by atomic mass is 16.5. The number of ether oxygens (including phenoxy) is 2. The first-order valence-electron chi connectivity index (χ1n) is 7.26. The fraction of sp³-hybridized carbons (Fsp3) is 0.222. The maximum atomic E-state index is 12.4. The number of rotatable bonds is 6. The van der Waals surface area contributed by atoms with Crippen LogP contribution in [0.1, 0.15) is 22.8 Å². The molecule has 1 N–H and O–H groups in total. The Kier molecular flexibility index (Phi) is 5.74. The molecular weight excluding hydrogens is 294 g/mol. The van der Waals surface area contributed by atoms with Crippen molar-refractivity contribution in [1.82, 2.24) is 5.32 Å². The van der Waals surface area contributed by atoms with E-state index in [0.29, 0.717) is 11.3 Å². The van der Waals surface area contributed by atoms with Crippen LogP contribution in [0.4, 0.5) is 4.79 Å².